The molecule has 0 unspecified atom stereocenters. The Hall–Kier alpha value is -1.72. The van der Waals surface area contributed by atoms with Crippen LogP contribution in [0.2, 0.25) is 0 Å². The van der Waals surface area contributed by atoms with Gasteiger partial charge in [-0.15, -0.1) is 23.1 Å². The SMILES string of the molecule is NC(=O)CSc1c(-c2cccs2)[nH]c2ccccc12. The summed E-state index contributed by atoms with van der Waals surface area (Å²) in [6.07, 6.45) is 0. The van der Waals surface area contributed by atoms with Gasteiger partial charge in [-0.25, -0.2) is 0 Å². The van der Waals surface area contributed by atoms with Crippen LogP contribution in [0.1, 0.15) is 0 Å². The minimum Gasteiger partial charge on any atom is -0.369 e. The standard InChI is InChI=1S/C14H12N2OS2/c15-12(17)8-19-14-9-4-1-2-5-10(9)16-13(14)11-6-3-7-18-11/h1-7,16H,8H2,(H2,15,17). The van der Waals surface area contributed by atoms with Crippen LogP contribution in [0.25, 0.3) is 21.5 Å². The predicted octanol–water partition coefficient (Wildman–Crippen LogP) is 3.47. The van der Waals surface area contributed by atoms with Crippen LogP contribution in [-0.4, -0.2) is 16.6 Å². The molecule has 1 amide bonds. The van der Waals surface area contributed by atoms with Crippen LogP contribution in [0.5, 0.6) is 0 Å². The first-order valence-electron chi connectivity index (χ1n) is 5.81. The molecule has 3 aromatic rings. The number of rotatable bonds is 4. The van der Waals surface area contributed by atoms with Gasteiger partial charge in [0.25, 0.3) is 0 Å². The molecule has 0 saturated carbocycles. The van der Waals surface area contributed by atoms with E-state index in [4.69, 9.17) is 5.73 Å². The molecule has 0 aliphatic carbocycles. The number of fused-ring (bicyclic) bond motifs is 1. The van der Waals surface area contributed by atoms with Crippen molar-refractivity contribution in [3.8, 4) is 10.6 Å². The molecule has 5 heteroatoms. The Kier molecular flexibility index (Phi) is 3.31. The second-order valence-electron chi connectivity index (χ2n) is 4.11. The largest absolute Gasteiger partial charge is 0.369 e. The topological polar surface area (TPSA) is 58.9 Å². The first-order valence-corrected chi connectivity index (χ1v) is 7.68. The number of primary amides is 1. The fourth-order valence-electron chi connectivity index (χ4n) is 2.00. The van der Waals surface area contributed by atoms with E-state index < -0.39 is 0 Å². The number of nitrogens with one attached hydrogen (secondary N) is 1. The van der Waals surface area contributed by atoms with Gasteiger partial charge in [-0.05, 0) is 17.5 Å². The van der Waals surface area contributed by atoms with Crippen molar-refractivity contribution in [2.45, 2.75) is 4.90 Å². The van der Waals surface area contributed by atoms with Gasteiger partial charge >= 0.3 is 0 Å². The van der Waals surface area contributed by atoms with Crippen molar-refractivity contribution in [3.63, 3.8) is 0 Å². The van der Waals surface area contributed by atoms with Gasteiger partial charge in [-0.2, -0.15) is 0 Å². The third-order valence-electron chi connectivity index (χ3n) is 2.78. The molecule has 1 aromatic carbocycles. The van der Waals surface area contributed by atoms with Crippen molar-refractivity contribution in [1.82, 2.24) is 4.98 Å². The first kappa shape index (κ1) is 12.3. The zero-order valence-electron chi connectivity index (χ0n) is 10.1. The van der Waals surface area contributed by atoms with Gasteiger partial charge in [0.05, 0.1) is 16.3 Å². The second-order valence-corrected chi connectivity index (χ2v) is 6.04. The number of thiophene rings is 1. The third-order valence-corrected chi connectivity index (χ3v) is 4.81. The van der Waals surface area contributed by atoms with Crippen LogP contribution in [-0.2, 0) is 4.79 Å². The van der Waals surface area contributed by atoms with Gasteiger partial charge < -0.3 is 10.7 Å². The van der Waals surface area contributed by atoms with E-state index >= 15 is 0 Å². The zero-order valence-corrected chi connectivity index (χ0v) is 11.7. The maximum Gasteiger partial charge on any atom is 0.227 e. The Morgan fingerprint density at radius 2 is 2.11 bits per heavy atom. The minimum atomic E-state index is -0.299. The van der Waals surface area contributed by atoms with Crippen molar-refractivity contribution < 1.29 is 4.79 Å². The molecule has 0 aliphatic heterocycles. The Morgan fingerprint density at radius 3 is 2.84 bits per heavy atom. The normalized spacial score (nSPS) is 10.9. The van der Waals surface area contributed by atoms with Crippen LogP contribution in [0.4, 0.5) is 0 Å². The van der Waals surface area contributed by atoms with Crippen molar-refractivity contribution in [2.24, 2.45) is 5.73 Å². The molecule has 2 aromatic heterocycles. The third kappa shape index (κ3) is 2.39. The van der Waals surface area contributed by atoms with Crippen molar-refractivity contribution in [3.05, 3.63) is 41.8 Å². The van der Waals surface area contributed by atoms with Gasteiger partial charge in [-0.1, -0.05) is 24.3 Å². The van der Waals surface area contributed by atoms with E-state index in [2.05, 4.69) is 17.1 Å². The summed E-state index contributed by atoms with van der Waals surface area (Å²) in [5, 5.41) is 3.18. The van der Waals surface area contributed by atoms with Crippen LogP contribution < -0.4 is 5.73 Å². The number of aromatic nitrogens is 1. The summed E-state index contributed by atoms with van der Waals surface area (Å²) >= 11 is 3.17. The van der Waals surface area contributed by atoms with Gasteiger partial charge in [0, 0.05) is 15.8 Å². The zero-order chi connectivity index (χ0) is 13.2. The number of thioether (sulfide) groups is 1. The molecule has 0 saturated heterocycles. The quantitative estimate of drug-likeness (QED) is 0.722. The number of nitrogens with two attached hydrogens (primary N) is 1. The number of hydrogen-bond donors (Lipinski definition) is 2. The molecule has 0 radical (unpaired) electrons. The highest BCUT2D eigenvalue weighted by atomic mass is 32.2. The smallest absolute Gasteiger partial charge is 0.227 e. The highest BCUT2D eigenvalue weighted by Gasteiger charge is 2.14. The van der Waals surface area contributed by atoms with E-state index in [9.17, 15) is 4.79 Å². The Morgan fingerprint density at radius 1 is 1.26 bits per heavy atom. The lowest BCUT2D eigenvalue weighted by molar-refractivity contribution is -0.115. The molecular weight excluding hydrogens is 276 g/mol. The van der Waals surface area contributed by atoms with Crippen LogP contribution in [0, 0.1) is 0 Å². The molecule has 0 spiro atoms. The number of aromatic amines is 1. The first-order chi connectivity index (χ1) is 9.25. The van der Waals surface area contributed by atoms with Crippen LogP contribution in [0.15, 0.2) is 46.7 Å². The van der Waals surface area contributed by atoms with Gasteiger partial charge in [-0.3, -0.25) is 4.79 Å². The summed E-state index contributed by atoms with van der Waals surface area (Å²) in [7, 11) is 0. The van der Waals surface area contributed by atoms with Crippen LogP contribution >= 0.6 is 23.1 Å². The minimum absolute atomic E-state index is 0.292. The Bertz CT molecular complexity index is 716. The maximum absolute atomic E-state index is 11.0. The Labute approximate surface area is 118 Å². The van der Waals surface area contributed by atoms with Crippen molar-refractivity contribution >= 4 is 39.9 Å². The van der Waals surface area contributed by atoms with Gasteiger partial charge in [0.15, 0.2) is 0 Å². The molecule has 2 heterocycles. The fourth-order valence-corrected chi connectivity index (χ4v) is 3.73. The molecule has 0 aliphatic rings. The molecule has 19 heavy (non-hydrogen) atoms. The fraction of sp³-hybridized carbons (Fsp3) is 0.0714. The molecule has 3 rings (SSSR count). The summed E-state index contributed by atoms with van der Waals surface area (Å²) in [6.45, 7) is 0. The van der Waals surface area contributed by atoms with Gasteiger partial charge in [0.2, 0.25) is 5.91 Å². The lowest BCUT2D eigenvalue weighted by Crippen LogP contribution is -2.12. The van der Waals surface area contributed by atoms with Crippen molar-refractivity contribution in [1.29, 1.82) is 0 Å². The monoisotopic (exact) mass is 288 g/mol. The van der Waals surface area contributed by atoms with Gasteiger partial charge in [0.1, 0.15) is 0 Å². The predicted molar refractivity (Wildman–Crippen MR) is 81.5 cm³/mol. The average Bonchev–Trinajstić information content (AvgIpc) is 3.03. The van der Waals surface area contributed by atoms with Crippen molar-refractivity contribution in [2.75, 3.05) is 5.75 Å². The molecule has 0 bridgehead atoms. The van der Waals surface area contributed by atoms with E-state index in [0.717, 1.165) is 21.5 Å². The lowest BCUT2D eigenvalue weighted by atomic mass is 10.2. The number of para-hydroxylation sites is 1. The second kappa shape index (κ2) is 5.11. The lowest BCUT2D eigenvalue weighted by Gasteiger charge is -2.01. The number of carbonyl (C=O) groups is 1. The highest BCUT2D eigenvalue weighted by molar-refractivity contribution is 8.00. The number of hydrogen-bond acceptors (Lipinski definition) is 3. The molecule has 0 fully saturated rings. The van der Waals surface area contributed by atoms with E-state index in [0.29, 0.717) is 5.75 Å². The van der Waals surface area contributed by atoms with E-state index in [1.807, 2.05) is 29.6 Å². The summed E-state index contributed by atoms with van der Waals surface area (Å²) < 4.78 is 0. The molecular formula is C14H12N2OS2. The molecule has 96 valence electrons. The number of benzene rings is 1. The summed E-state index contributed by atoms with van der Waals surface area (Å²) in [5.74, 6) is -0.00681. The number of carbonyl (C=O) groups excluding carboxylic acids is 1. The van der Waals surface area contributed by atoms with E-state index in [1.165, 1.54) is 16.6 Å². The summed E-state index contributed by atoms with van der Waals surface area (Å²) in [5.41, 5.74) is 7.41. The van der Waals surface area contributed by atoms with E-state index in [-0.39, 0.29) is 5.91 Å². The highest BCUT2D eigenvalue weighted by Crippen LogP contribution is 2.39. The Balaban J connectivity index is 2.14. The number of amides is 1. The number of H-pyrrole nitrogens is 1. The molecule has 0 atom stereocenters. The van der Waals surface area contributed by atoms with Crippen LogP contribution in [0.3, 0.4) is 0 Å². The molecule has 3 nitrogen and oxygen atoms in total. The summed E-state index contributed by atoms with van der Waals surface area (Å²) in [4.78, 5) is 16.7. The average molecular weight is 288 g/mol. The van der Waals surface area contributed by atoms with E-state index in [1.54, 1.807) is 11.3 Å². The maximum atomic E-state index is 11.0. The summed E-state index contributed by atoms with van der Waals surface area (Å²) in [6, 6.07) is 12.2. The molecule has 3 N–H and O–H groups in total.